The molecule has 0 radical (unpaired) electrons. The molecular formula is C82H129N3O28. The maximum atomic E-state index is 15.0. The molecule has 0 aliphatic carbocycles. The molecule has 0 saturated carbocycles. The number of unbranched alkanes of at least 4 members (excludes halogenated alkanes) is 11. The Morgan fingerprint density at radius 1 is 0.434 bits per heavy atom. The molecule has 0 unspecified atom stereocenters. The molecular weight excluding hydrogens is 1470 g/mol. The SMILES string of the molecule is CCCCCCCCCCCCC/C=C/[C@@H](OCc1ccc(OC)cc1)[C@H](CO[C@@H]1O[C@H](COC(=O)C(C)(C)C)[C@@H](O[C@@H]2O[C@H](COC(=O)C(C)(C)C)[C@H](OC(=O)C(C)(C)C)[C@H](O[C@H]3O[C@H](COC(C)=O)[C@H](OC(C)=O)[C@H](OC(C)=O)[C@H]3OC(C)=O)[C@H]2OC(=O)C(C)(C)C)[C@H](OC(=O)C(C)(C)C)[C@H]1OC(=O)C(C)(C)C)N=[N+]=[N-]. The lowest BCUT2D eigenvalue weighted by molar-refractivity contribution is -0.382. The van der Waals surface area contributed by atoms with E-state index < -0.39 is 223 Å². The predicted molar refractivity (Wildman–Crippen MR) is 408 cm³/mol. The summed E-state index contributed by atoms with van der Waals surface area (Å²) in [6, 6.07) is 5.92. The van der Waals surface area contributed by atoms with Gasteiger partial charge in [0.25, 0.3) is 0 Å². The van der Waals surface area contributed by atoms with Crippen LogP contribution in [-0.4, -0.2) is 197 Å². The Morgan fingerprint density at radius 3 is 1.21 bits per heavy atom. The summed E-state index contributed by atoms with van der Waals surface area (Å²) in [5.41, 5.74) is 3.10. The van der Waals surface area contributed by atoms with E-state index >= 15 is 9.59 Å². The van der Waals surface area contributed by atoms with Crippen molar-refractivity contribution in [3.8, 4) is 5.75 Å². The van der Waals surface area contributed by atoms with Gasteiger partial charge in [-0.25, -0.2) is 0 Å². The van der Waals surface area contributed by atoms with Crippen molar-refractivity contribution < 1.29 is 133 Å². The van der Waals surface area contributed by atoms with E-state index in [0.29, 0.717) is 12.2 Å². The highest BCUT2D eigenvalue weighted by atomic mass is 16.8. The van der Waals surface area contributed by atoms with Crippen LogP contribution in [0.25, 0.3) is 10.4 Å². The summed E-state index contributed by atoms with van der Waals surface area (Å²) in [5.74, 6) is -8.78. The maximum absolute atomic E-state index is 15.0. The van der Waals surface area contributed by atoms with E-state index in [1.54, 1.807) is 87.6 Å². The Hall–Kier alpha value is -7.51. The standard InChI is InChI=1S/C82H129N3O28/c1-25-26-27-28-29-30-31-32-33-34-35-36-37-38-55(98-43-52-39-41-53(96-24)42-40-52)54(84-85-83)44-99-68-65(112-75(94)81(18,19)20)64(111-74(93)80(15,16)17)60(57(105-68)46-100-71(90)77(6,7)8)108-70-67(113-76(95)82(21,22)23)63(61(110-73(92)79(12,13)14)58(107-70)47-101-72(91)78(9,10)11)109-69-66(104-51(5)89)62(103-50(4)88)59(102-49(3)87)56(106-69)45-97-48(2)86/h37-42,54-70H,25-36,43-47H2,1-24H3/b38-37+/t54-,55+,56+,57+,58+,59-,60+,61-,62-,63-,64-,65+,66+,67+,68+,69+,70-/m0/s1. The minimum absolute atomic E-state index is 0.00888. The fraction of sp³-hybridized carbons (Fsp3) is 0.780. The summed E-state index contributed by atoms with van der Waals surface area (Å²) >= 11 is 0. The number of esters is 10. The molecule has 0 N–H and O–H groups in total. The van der Waals surface area contributed by atoms with Gasteiger partial charge in [-0.3, -0.25) is 47.9 Å². The molecule has 0 amide bonds. The number of nitrogens with zero attached hydrogens (tertiary/aromatic N) is 3. The van der Waals surface area contributed by atoms with E-state index in [-0.39, 0.29) is 6.61 Å². The summed E-state index contributed by atoms with van der Waals surface area (Å²) in [4.78, 5) is 143. The first-order valence-electron chi connectivity index (χ1n) is 39.2. The third kappa shape index (κ3) is 32.6. The Balaban J connectivity index is 2.14. The third-order valence-corrected chi connectivity index (χ3v) is 18.0. The number of carbonyl (C=O) groups is 10. The van der Waals surface area contributed by atoms with E-state index in [1.807, 2.05) is 18.2 Å². The average Bonchev–Trinajstić information content (AvgIpc) is 0.761. The number of carbonyl (C=O) groups excluding carboxylic acids is 10. The van der Waals surface area contributed by atoms with E-state index in [2.05, 4.69) is 16.9 Å². The summed E-state index contributed by atoms with van der Waals surface area (Å²) in [5, 5.41) is 4.19. The number of hydrogen-bond acceptors (Lipinski definition) is 29. The number of allylic oxidation sites excluding steroid dienone is 1. The Kier molecular flexibility index (Phi) is 38.6. The quantitative estimate of drug-likeness (QED) is 0.0112. The molecule has 3 aliphatic rings. The average molecular weight is 1600 g/mol. The first kappa shape index (κ1) is 97.9. The lowest BCUT2D eigenvalue weighted by Crippen LogP contribution is -2.69. The normalized spacial score (nSPS) is 24.9. The van der Waals surface area contributed by atoms with Crippen molar-refractivity contribution in [1.29, 1.82) is 0 Å². The van der Waals surface area contributed by atoms with Gasteiger partial charge in [-0.05, 0) is 161 Å². The van der Waals surface area contributed by atoms with Gasteiger partial charge in [0.15, 0.2) is 61.6 Å². The molecule has 113 heavy (non-hydrogen) atoms. The molecule has 3 saturated heterocycles. The molecule has 1 aromatic rings. The number of benzene rings is 1. The van der Waals surface area contributed by atoms with E-state index in [9.17, 15) is 43.9 Å². The largest absolute Gasteiger partial charge is 0.497 e. The van der Waals surface area contributed by atoms with Crippen LogP contribution in [0.5, 0.6) is 5.75 Å². The minimum Gasteiger partial charge on any atom is -0.497 e. The van der Waals surface area contributed by atoms with Crippen molar-refractivity contribution in [2.45, 2.75) is 347 Å². The zero-order chi connectivity index (χ0) is 85.1. The van der Waals surface area contributed by atoms with Crippen molar-refractivity contribution >= 4 is 59.7 Å². The molecule has 4 rings (SSSR count). The van der Waals surface area contributed by atoms with Crippen molar-refractivity contribution in [1.82, 2.24) is 0 Å². The molecule has 17 atom stereocenters. The number of azide groups is 1. The third-order valence-electron chi connectivity index (χ3n) is 18.0. The molecule has 31 nitrogen and oxygen atoms in total. The van der Waals surface area contributed by atoms with Crippen LogP contribution in [0.15, 0.2) is 41.5 Å². The Labute approximate surface area is 666 Å². The van der Waals surface area contributed by atoms with Gasteiger partial charge in [-0.15, -0.1) is 0 Å². The van der Waals surface area contributed by atoms with Crippen LogP contribution in [0.1, 0.15) is 242 Å². The van der Waals surface area contributed by atoms with Crippen LogP contribution in [0.3, 0.4) is 0 Å². The van der Waals surface area contributed by atoms with Crippen molar-refractivity contribution in [2.75, 3.05) is 33.5 Å². The second-order valence-corrected chi connectivity index (χ2v) is 35.0. The fourth-order valence-electron chi connectivity index (χ4n) is 11.5. The second kappa shape index (κ2) is 44.6. The van der Waals surface area contributed by atoms with Crippen LogP contribution < -0.4 is 4.74 Å². The molecule has 31 heteroatoms. The molecule has 3 fully saturated rings. The van der Waals surface area contributed by atoms with Gasteiger partial charge < -0.3 is 85.3 Å². The number of methoxy groups -OCH3 is 1. The highest BCUT2D eigenvalue weighted by Gasteiger charge is 2.62. The summed E-state index contributed by atoms with van der Waals surface area (Å²) < 4.78 is 114. The van der Waals surface area contributed by atoms with Crippen LogP contribution in [0.2, 0.25) is 0 Å². The van der Waals surface area contributed by atoms with E-state index in [4.69, 9.17) is 85.3 Å². The van der Waals surface area contributed by atoms with Gasteiger partial charge in [0.2, 0.25) is 0 Å². The lowest BCUT2D eigenvalue weighted by atomic mass is 9.92. The zero-order valence-electron chi connectivity index (χ0n) is 71.1. The second-order valence-electron chi connectivity index (χ2n) is 35.0. The smallest absolute Gasteiger partial charge is 0.311 e. The highest BCUT2D eigenvalue weighted by molar-refractivity contribution is 5.78. The molecule has 3 heterocycles. The van der Waals surface area contributed by atoms with Crippen molar-refractivity contribution in [2.24, 2.45) is 37.6 Å². The zero-order valence-corrected chi connectivity index (χ0v) is 71.1. The van der Waals surface area contributed by atoms with Gasteiger partial charge in [-0.2, -0.15) is 0 Å². The van der Waals surface area contributed by atoms with Crippen molar-refractivity contribution in [3.63, 3.8) is 0 Å². The molecule has 3 aliphatic heterocycles. The van der Waals surface area contributed by atoms with Crippen LogP contribution >= 0.6 is 0 Å². The predicted octanol–water partition coefficient (Wildman–Crippen LogP) is 12.8. The molecule has 0 aromatic heterocycles. The van der Waals surface area contributed by atoms with Gasteiger partial charge in [0.05, 0.1) is 65.0 Å². The lowest BCUT2D eigenvalue weighted by Gasteiger charge is -2.51. The van der Waals surface area contributed by atoms with Gasteiger partial charge >= 0.3 is 59.7 Å². The first-order valence-corrected chi connectivity index (χ1v) is 39.2. The van der Waals surface area contributed by atoms with Crippen molar-refractivity contribution in [3.05, 3.63) is 52.4 Å². The summed E-state index contributed by atoms with van der Waals surface area (Å²) in [6.45, 7) is 30.9. The van der Waals surface area contributed by atoms with Crippen LogP contribution in [0, 0.1) is 32.5 Å². The topological polar surface area (TPSA) is 386 Å². The summed E-state index contributed by atoms with van der Waals surface area (Å²) in [6.07, 6.45) is -13.4. The number of ether oxygens (including phenoxy) is 18. The van der Waals surface area contributed by atoms with Crippen LogP contribution in [0.4, 0.5) is 0 Å². The van der Waals surface area contributed by atoms with Gasteiger partial charge in [0.1, 0.15) is 56.1 Å². The van der Waals surface area contributed by atoms with Gasteiger partial charge in [-0.1, -0.05) is 101 Å². The number of rotatable bonds is 39. The van der Waals surface area contributed by atoms with E-state index in [1.165, 1.54) is 107 Å². The Morgan fingerprint density at radius 2 is 0.788 bits per heavy atom. The van der Waals surface area contributed by atoms with Crippen LogP contribution in [-0.2, 0) is 135 Å². The van der Waals surface area contributed by atoms with Gasteiger partial charge in [0, 0.05) is 32.6 Å². The molecule has 1 aromatic carbocycles. The highest BCUT2D eigenvalue weighted by Crippen LogP contribution is 2.42. The Bertz CT molecular complexity index is 3330. The number of hydrogen-bond donors (Lipinski definition) is 0. The maximum Gasteiger partial charge on any atom is 0.311 e. The first-order chi connectivity index (χ1) is 52.5. The summed E-state index contributed by atoms with van der Waals surface area (Å²) in [7, 11) is 1.54. The minimum atomic E-state index is -2.24. The monoisotopic (exact) mass is 1600 g/mol. The van der Waals surface area contributed by atoms with E-state index in [0.717, 1.165) is 58.9 Å². The molecule has 0 spiro atoms. The molecule has 0 bridgehead atoms. The molecule has 640 valence electrons. The fourth-order valence-corrected chi connectivity index (χ4v) is 11.5.